The monoisotopic (exact) mass is 164 g/mol. The second-order valence-electron chi connectivity index (χ2n) is 3.27. The van der Waals surface area contributed by atoms with Crippen LogP contribution in [0.5, 0.6) is 0 Å². The molecule has 1 nitrogen and oxygen atoms in total. The van der Waals surface area contributed by atoms with Gasteiger partial charge in [-0.15, -0.1) is 6.58 Å². The zero-order chi connectivity index (χ0) is 8.81. The van der Waals surface area contributed by atoms with Crippen LogP contribution in [-0.2, 0) is 4.79 Å². The fourth-order valence-electron chi connectivity index (χ4n) is 1.55. The van der Waals surface area contributed by atoms with Gasteiger partial charge in [-0.2, -0.15) is 0 Å². The topological polar surface area (TPSA) is 17.1 Å². The summed E-state index contributed by atoms with van der Waals surface area (Å²) >= 11 is 0. The first-order valence-electron chi connectivity index (χ1n) is 4.65. The summed E-state index contributed by atoms with van der Waals surface area (Å²) in [7, 11) is 0. The number of hydrogen-bond acceptors (Lipinski definition) is 1. The van der Waals surface area contributed by atoms with Gasteiger partial charge in [0, 0.05) is 12.3 Å². The quantitative estimate of drug-likeness (QED) is 0.586. The van der Waals surface area contributed by atoms with Gasteiger partial charge in [-0.25, -0.2) is 0 Å². The molecule has 1 heteroatoms. The number of hydrogen-bond donors (Lipinski definition) is 0. The van der Waals surface area contributed by atoms with Crippen LogP contribution in [0.3, 0.4) is 0 Å². The third-order valence-corrected chi connectivity index (χ3v) is 2.27. The number of rotatable bonds is 3. The molecule has 1 fully saturated rings. The minimum Gasteiger partial charge on any atom is -0.299 e. The van der Waals surface area contributed by atoms with E-state index in [1.807, 2.05) is 18.2 Å². The molecule has 1 atom stereocenters. The Morgan fingerprint density at radius 3 is 3.00 bits per heavy atom. The number of carbonyl (C=O) groups excluding carboxylic acids is 1. The van der Waals surface area contributed by atoms with Crippen molar-refractivity contribution in [3.05, 3.63) is 24.8 Å². The summed E-state index contributed by atoms with van der Waals surface area (Å²) in [6, 6.07) is 0. The molecule has 0 bridgehead atoms. The first-order chi connectivity index (χ1) is 5.84. The molecule has 1 saturated carbocycles. The Kier molecular flexibility index (Phi) is 3.78. The number of Topliss-reactive ketones (excluding diaryl/α,β-unsaturated/α-hetero) is 1. The predicted molar refractivity (Wildman–Crippen MR) is 50.9 cm³/mol. The van der Waals surface area contributed by atoms with Crippen molar-refractivity contribution in [2.75, 3.05) is 0 Å². The highest BCUT2D eigenvalue weighted by Crippen LogP contribution is 2.21. The Morgan fingerprint density at radius 2 is 2.33 bits per heavy atom. The molecule has 0 spiro atoms. The molecule has 0 amide bonds. The van der Waals surface area contributed by atoms with E-state index >= 15 is 0 Å². The van der Waals surface area contributed by atoms with E-state index < -0.39 is 0 Å². The van der Waals surface area contributed by atoms with Gasteiger partial charge in [-0.3, -0.25) is 4.79 Å². The van der Waals surface area contributed by atoms with E-state index in [4.69, 9.17) is 0 Å². The normalized spacial score (nSPS) is 24.7. The van der Waals surface area contributed by atoms with Gasteiger partial charge in [-0.1, -0.05) is 24.6 Å². The molecule has 66 valence electrons. The van der Waals surface area contributed by atoms with Crippen LogP contribution in [0.1, 0.15) is 32.1 Å². The van der Waals surface area contributed by atoms with Crippen LogP contribution in [0.25, 0.3) is 0 Å². The highest BCUT2D eigenvalue weighted by molar-refractivity contribution is 5.83. The Hall–Kier alpha value is -0.850. The second kappa shape index (κ2) is 4.91. The van der Waals surface area contributed by atoms with Gasteiger partial charge in [0.2, 0.25) is 0 Å². The lowest BCUT2D eigenvalue weighted by atomic mass is 9.88. The third kappa shape index (κ3) is 2.65. The first-order valence-corrected chi connectivity index (χ1v) is 4.65. The summed E-state index contributed by atoms with van der Waals surface area (Å²) in [5.74, 6) is 0.625. The van der Waals surface area contributed by atoms with Crippen molar-refractivity contribution < 1.29 is 4.79 Å². The van der Waals surface area contributed by atoms with E-state index in [-0.39, 0.29) is 5.92 Å². The summed E-state index contributed by atoms with van der Waals surface area (Å²) in [4.78, 5) is 11.3. The van der Waals surface area contributed by atoms with E-state index in [0.717, 1.165) is 25.7 Å². The van der Waals surface area contributed by atoms with Gasteiger partial charge < -0.3 is 0 Å². The summed E-state index contributed by atoms with van der Waals surface area (Å²) in [6.07, 6.45) is 10.9. The first kappa shape index (κ1) is 9.24. The van der Waals surface area contributed by atoms with Crippen molar-refractivity contribution in [3.63, 3.8) is 0 Å². The molecule has 0 saturated heterocycles. The van der Waals surface area contributed by atoms with Gasteiger partial charge in [0.25, 0.3) is 0 Å². The average molecular weight is 164 g/mol. The van der Waals surface area contributed by atoms with Crippen LogP contribution in [0.4, 0.5) is 0 Å². The predicted octanol–water partition coefficient (Wildman–Crippen LogP) is 2.88. The molecule has 0 radical (unpaired) electrons. The Bertz CT molecular complexity index is 191. The van der Waals surface area contributed by atoms with Crippen molar-refractivity contribution in [1.29, 1.82) is 0 Å². The highest BCUT2D eigenvalue weighted by Gasteiger charge is 2.18. The lowest BCUT2D eigenvalue weighted by Gasteiger charge is -2.16. The van der Waals surface area contributed by atoms with Crippen molar-refractivity contribution in [1.82, 2.24) is 0 Å². The van der Waals surface area contributed by atoms with Crippen LogP contribution >= 0.6 is 0 Å². The fourth-order valence-corrected chi connectivity index (χ4v) is 1.55. The number of carbonyl (C=O) groups is 1. The van der Waals surface area contributed by atoms with Crippen molar-refractivity contribution in [2.24, 2.45) is 5.92 Å². The summed E-state index contributed by atoms with van der Waals surface area (Å²) < 4.78 is 0. The summed E-state index contributed by atoms with van der Waals surface area (Å²) in [6.45, 7) is 3.63. The maximum absolute atomic E-state index is 11.3. The molecular weight excluding hydrogens is 148 g/mol. The van der Waals surface area contributed by atoms with Gasteiger partial charge in [0.05, 0.1) is 0 Å². The third-order valence-electron chi connectivity index (χ3n) is 2.27. The molecule has 1 aliphatic rings. The fraction of sp³-hybridized carbons (Fsp3) is 0.545. The summed E-state index contributed by atoms with van der Waals surface area (Å²) in [5, 5.41) is 0. The number of allylic oxidation sites excluding steroid dienone is 3. The molecule has 1 rings (SSSR count). The van der Waals surface area contributed by atoms with Crippen LogP contribution in [0, 0.1) is 5.92 Å². The zero-order valence-electron chi connectivity index (χ0n) is 7.46. The maximum atomic E-state index is 11.3. The van der Waals surface area contributed by atoms with Gasteiger partial charge in [0.15, 0.2) is 0 Å². The molecule has 0 aromatic heterocycles. The van der Waals surface area contributed by atoms with Crippen LogP contribution in [0.15, 0.2) is 24.8 Å². The lowest BCUT2D eigenvalue weighted by Crippen LogP contribution is -2.16. The molecule has 0 aromatic rings. The van der Waals surface area contributed by atoms with E-state index in [0.29, 0.717) is 5.78 Å². The maximum Gasteiger partial charge on any atom is 0.139 e. The minimum atomic E-state index is 0.207. The smallest absolute Gasteiger partial charge is 0.139 e. The van der Waals surface area contributed by atoms with E-state index in [9.17, 15) is 4.79 Å². The lowest BCUT2D eigenvalue weighted by molar-refractivity contribution is -0.122. The van der Waals surface area contributed by atoms with Crippen molar-refractivity contribution >= 4 is 5.78 Å². The SMILES string of the molecule is C=CC/C=C/C1CCCCC1=O. The second-order valence-corrected chi connectivity index (χ2v) is 3.27. The standard InChI is InChI=1S/C11H16O/c1-2-3-4-7-10-8-5-6-9-11(10)12/h2,4,7,10H,1,3,5-6,8-9H2/b7-4+. The van der Waals surface area contributed by atoms with E-state index in [1.54, 1.807) is 0 Å². The Morgan fingerprint density at radius 1 is 1.50 bits per heavy atom. The zero-order valence-corrected chi connectivity index (χ0v) is 7.46. The van der Waals surface area contributed by atoms with Crippen LogP contribution < -0.4 is 0 Å². The van der Waals surface area contributed by atoms with Crippen LogP contribution in [-0.4, -0.2) is 5.78 Å². The van der Waals surface area contributed by atoms with Crippen molar-refractivity contribution in [3.8, 4) is 0 Å². The van der Waals surface area contributed by atoms with E-state index in [1.165, 1.54) is 6.42 Å². The molecular formula is C11H16O. The molecule has 0 aliphatic heterocycles. The summed E-state index contributed by atoms with van der Waals surface area (Å²) in [5.41, 5.74) is 0. The number of ketones is 1. The molecule has 1 unspecified atom stereocenters. The molecule has 0 heterocycles. The van der Waals surface area contributed by atoms with Gasteiger partial charge >= 0.3 is 0 Å². The Balaban J connectivity index is 2.38. The van der Waals surface area contributed by atoms with E-state index in [2.05, 4.69) is 6.58 Å². The van der Waals surface area contributed by atoms with Gasteiger partial charge in [0.1, 0.15) is 5.78 Å². The minimum absolute atomic E-state index is 0.207. The molecule has 0 N–H and O–H groups in total. The average Bonchev–Trinajstić information content (AvgIpc) is 2.09. The molecule has 1 aliphatic carbocycles. The van der Waals surface area contributed by atoms with Crippen LogP contribution in [0.2, 0.25) is 0 Å². The molecule has 0 aromatic carbocycles. The molecule has 12 heavy (non-hydrogen) atoms. The largest absolute Gasteiger partial charge is 0.299 e. The Labute approximate surface area is 74.2 Å². The van der Waals surface area contributed by atoms with Crippen molar-refractivity contribution in [2.45, 2.75) is 32.1 Å². The highest BCUT2D eigenvalue weighted by atomic mass is 16.1. The van der Waals surface area contributed by atoms with Gasteiger partial charge in [-0.05, 0) is 19.3 Å².